The number of nitrogens with one attached hydrogen (secondary N) is 1. The summed E-state index contributed by atoms with van der Waals surface area (Å²) in [5, 5.41) is 7.33. The van der Waals surface area contributed by atoms with Gasteiger partial charge in [0.1, 0.15) is 12.2 Å². The third kappa shape index (κ3) is 2.59. The summed E-state index contributed by atoms with van der Waals surface area (Å²) in [6.45, 7) is 6.57. The van der Waals surface area contributed by atoms with Crippen molar-refractivity contribution < 1.29 is 9.47 Å². The highest BCUT2D eigenvalue weighted by atomic mass is 16.5. The highest BCUT2D eigenvalue weighted by molar-refractivity contribution is 5.75. The predicted molar refractivity (Wildman–Crippen MR) is 54.3 cm³/mol. The third-order valence-corrected chi connectivity index (χ3v) is 2.32. The molecule has 14 heavy (non-hydrogen) atoms. The standard InChI is InChI=1S/C9H19N3O2/c1-3-13-7-5-12(9(10)11)6-8(7)14-4-2/h7-8H,3-6H2,1-2H3,(H3,10,11). The minimum absolute atomic E-state index is 0.0452. The molecule has 5 nitrogen and oxygen atoms in total. The zero-order chi connectivity index (χ0) is 10.6. The number of nitrogens with zero attached hydrogens (tertiary/aromatic N) is 1. The Labute approximate surface area is 84.7 Å². The van der Waals surface area contributed by atoms with Crippen LogP contribution in [0.3, 0.4) is 0 Å². The number of likely N-dealkylation sites (tertiary alicyclic amines) is 1. The summed E-state index contributed by atoms with van der Waals surface area (Å²) >= 11 is 0. The molecule has 0 aromatic carbocycles. The Morgan fingerprint density at radius 2 is 1.71 bits per heavy atom. The van der Waals surface area contributed by atoms with Gasteiger partial charge in [0.25, 0.3) is 0 Å². The zero-order valence-electron chi connectivity index (χ0n) is 8.82. The molecule has 2 unspecified atom stereocenters. The fraction of sp³-hybridized carbons (Fsp3) is 0.889. The summed E-state index contributed by atoms with van der Waals surface area (Å²) in [5.74, 6) is 0.0944. The lowest BCUT2D eigenvalue weighted by Gasteiger charge is -2.17. The quantitative estimate of drug-likeness (QED) is 0.496. The van der Waals surface area contributed by atoms with E-state index in [0.717, 1.165) is 0 Å². The van der Waals surface area contributed by atoms with Gasteiger partial charge >= 0.3 is 0 Å². The van der Waals surface area contributed by atoms with Crippen molar-refractivity contribution in [2.75, 3.05) is 26.3 Å². The number of hydrogen-bond acceptors (Lipinski definition) is 3. The Hall–Kier alpha value is -0.810. The van der Waals surface area contributed by atoms with Crippen molar-refractivity contribution in [3.05, 3.63) is 0 Å². The van der Waals surface area contributed by atoms with Crippen LogP contribution in [-0.4, -0.2) is 49.4 Å². The van der Waals surface area contributed by atoms with Crippen molar-refractivity contribution in [3.8, 4) is 0 Å². The number of guanidine groups is 1. The first-order valence-corrected chi connectivity index (χ1v) is 5.01. The van der Waals surface area contributed by atoms with E-state index in [9.17, 15) is 0 Å². The molecule has 0 radical (unpaired) electrons. The molecule has 2 atom stereocenters. The van der Waals surface area contributed by atoms with Gasteiger partial charge in [0.15, 0.2) is 5.96 Å². The van der Waals surface area contributed by atoms with E-state index < -0.39 is 0 Å². The monoisotopic (exact) mass is 201 g/mol. The van der Waals surface area contributed by atoms with Crippen LogP contribution >= 0.6 is 0 Å². The number of hydrogen-bond donors (Lipinski definition) is 2. The Morgan fingerprint density at radius 3 is 2.00 bits per heavy atom. The topological polar surface area (TPSA) is 71.6 Å². The average Bonchev–Trinajstić information content (AvgIpc) is 2.50. The molecule has 1 saturated heterocycles. The summed E-state index contributed by atoms with van der Waals surface area (Å²) in [7, 11) is 0. The van der Waals surface area contributed by atoms with Gasteiger partial charge in [0.2, 0.25) is 0 Å². The van der Waals surface area contributed by atoms with Gasteiger partial charge in [-0.3, -0.25) is 5.41 Å². The molecule has 1 heterocycles. The van der Waals surface area contributed by atoms with E-state index >= 15 is 0 Å². The van der Waals surface area contributed by atoms with E-state index in [1.165, 1.54) is 0 Å². The van der Waals surface area contributed by atoms with Gasteiger partial charge in [-0.1, -0.05) is 0 Å². The van der Waals surface area contributed by atoms with E-state index in [2.05, 4.69) is 0 Å². The van der Waals surface area contributed by atoms with E-state index in [0.29, 0.717) is 26.3 Å². The molecule has 82 valence electrons. The summed E-state index contributed by atoms with van der Waals surface area (Å²) < 4.78 is 11.1. The second kappa shape index (κ2) is 5.17. The molecule has 0 saturated carbocycles. The van der Waals surface area contributed by atoms with Gasteiger partial charge in [-0.15, -0.1) is 0 Å². The van der Waals surface area contributed by atoms with Crippen LogP contribution in [0.25, 0.3) is 0 Å². The van der Waals surface area contributed by atoms with Crippen molar-refractivity contribution in [2.24, 2.45) is 5.73 Å². The van der Waals surface area contributed by atoms with Crippen LogP contribution in [-0.2, 0) is 9.47 Å². The Morgan fingerprint density at radius 1 is 1.29 bits per heavy atom. The van der Waals surface area contributed by atoms with Crippen LogP contribution in [0.15, 0.2) is 0 Å². The van der Waals surface area contributed by atoms with Crippen molar-refractivity contribution >= 4 is 5.96 Å². The minimum atomic E-state index is 0.0452. The first-order valence-electron chi connectivity index (χ1n) is 5.01. The van der Waals surface area contributed by atoms with Gasteiger partial charge in [-0.2, -0.15) is 0 Å². The average molecular weight is 201 g/mol. The SMILES string of the molecule is CCOC1CN(C(=N)N)CC1OCC. The fourth-order valence-corrected chi connectivity index (χ4v) is 1.69. The first-order chi connectivity index (χ1) is 6.69. The minimum Gasteiger partial charge on any atom is -0.374 e. The highest BCUT2D eigenvalue weighted by Gasteiger charge is 2.34. The van der Waals surface area contributed by atoms with Crippen LogP contribution in [0.2, 0.25) is 0 Å². The van der Waals surface area contributed by atoms with E-state index in [1.54, 1.807) is 4.90 Å². The molecule has 3 N–H and O–H groups in total. The second-order valence-corrected chi connectivity index (χ2v) is 3.28. The summed E-state index contributed by atoms with van der Waals surface area (Å²) in [4.78, 5) is 1.78. The van der Waals surface area contributed by atoms with Crippen molar-refractivity contribution in [3.63, 3.8) is 0 Å². The molecule has 0 aliphatic carbocycles. The molecule has 5 heteroatoms. The van der Waals surface area contributed by atoms with Gasteiger partial charge < -0.3 is 20.1 Å². The van der Waals surface area contributed by atoms with Crippen LogP contribution in [0, 0.1) is 5.41 Å². The maximum atomic E-state index is 7.33. The van der Waals surface area contributed by atoms with Gasteiger partial charge in [0.05, 0.1) is 0 Å². The van der Waals surface area contributed by atoms with Crippen molar-refractivity contribution in [1.29, 1.82) is 5.41 Å². The molecule has 0 amide bonds. The normalized spacial score (nSPS) is 26.9. The van der Waals surface area contributed by atoms with E-state index in [-0.39, 0.29) is 18.2 Å². The third-order valence-electron chi connectivity index (χ3n) is 2.32. The lowest BCUT2D eigenvalue weighted by Crippen LogP contribution is -2.35. The van der Waals surface area contributed by atoms with Gasteiger partial charge in [0, 0.05) is 26.3 Å². The van der Waals surface area contributed by atoms with Gasteiger partial charge in [-0.25, -0.2) is 0 Å². The Balaban J connectivity index is 2.50. The maximum Gasteiger partial charge on any atom is 0.188 e. The number of rotatable bonds is 4. The lowest BCUT2D eigenvalue weighted by atomic mass is 10.2. The number of ether oxygens (including phenoxy) is 2. The van der Waals surface area contributed by atoms with Crippen LogP contribution in [0.4, 0.5) is 0 Å². The predicted octanol–water partition coefficient (Wildman–Crippen LogP) is 0.00567. The molecule has 1 aliphatic rings. The zero-order valence-corrected chi connectivity index (χ0v) is 8.82. The van der Waals surface area contributed by atoms with Crippen molar-refractivity contribution in [1.82, 2.24) is 4.90 Å². The molecule has 0 spiro atoms. The smallest absolute Gasteiger partial charge is 0.188 e. The molecule has 0 aromatic heterocycles. The summed E-state index contributed by atoms with van der Waals surface area (Å²) in [5.41, 5.74) is 5.41. The molecular weight excluding hydrogens is 182 g/mol. The van der Waals surface area contributed by atoms with Crippen molar-refractivity contribution in [2.45, 2.75) is 26.1 Å². The summed E-state index contributed by atoms with van der Waals surface area (Å²) in [6, 6.07) is 0. The van der Waals surface area contributed by atoms with Crippen LogP contribution in [0.1, 0.15) is 13.8 Å². The highest BCUT2D eigenvalue weighted by Crippen LogP contribution is 2.16. The van der Waals surface area contributed by atoms with E-state index in [1.807, 2.05) is 13.8 Å². The molecule has 0 bridgehead atoms. The molecule has 1 rings (SSSR count). The lowest BCUT2D eigenvalue weighted by molar-refractivity contribution is -0.0388. The van der Waals surface area contributed by atoms with E-state index in [4.69, 9.17) is 20.6 Å². The molecule has 1 fully saturated rings. The second-order valence-electron chi connectivity index (χ2n) is 3.28. The number of nitrogens with two attached hydrogens (primary N) is 1. The molecule has 1 aliphatic heterocycles. The largest absolute Gasteiger partial charge is 0.374 e. The Bertz CT molecular complexity index is 184. The molecule has 0 aromatic rings. The summed E-state index contributed by atoms with van der Waals surface area (Å²) in [6.07, 6.45) is 0.0905. The first kappa shape index (κ1) is 11.3. The fourth-order valence-electron chi connectivity index (χ4n) is 1.69. The molecular formula is C9H19N3O2. The van der Waals surface area contributed by atoms with Gasteiger partial charge in [-0.05, 0) is 13.8 Å². The maximum absolute atomic E-state index is 7.33. The van der Waals surface area contributed by atoms with Crippen LogP contribution in [0.5, 0.6) is 0 Å². The Kier molecular flexibility index (Phi) is 4.16. The van der Waals surface area contributed by atoms with Crippen LogP contribution < -0.4 is 5.73 Å².